The molecule has 0 aliphatic carbocycles. The standard InChI is InChI=1S/C12H15N3O4/c1-13-12(19)15-9-4-2-8(3-5-9)14-10(16)6-7-11(17)18/h2-5H,6-7H2,1H3,(H,14,16)(H,17,18)(H2,13,15,19). The van der Waals surface area contributed by atoms with Crippen LogP contribution in [0.2, 0.25) is 0 Å². The molecule has 0 fully saturated rings. The molecule has 0 radical (unpaired) electrons. The first-order chi connectivity index (χ1) is 9.01. The number of anilines is 2. The Balaban J connectivity index is 2.50. The number of carbonyl (C=O) groups excluding carboxylic acids is 2. The minimum Gasteiger partial charge on any atom is -0.481 e. The number of aliphatic carboxylic acids is 1. The van der Waals surface area contributed by atoms with Crippen molar-refractivity contribution < 1.29 is 19.5 Å². The van der Waals surface area contributed by atoms with E-state index in [9.17, 15) is 14.4 Å². The predicted octanol–water partition coefficient (Wildman–Crippen LogP) is 1.24. The number of nitrogens with one attached hydrogen (secondary N) is 3. The van der Waals surface area contributed by atoms with Crippen LogP contribution in [-0.2, 0) is 9.59 Å². The number of amides is 3. The summed E-state index contributed by atoms with van der Waals surface area (Å²) in [6.45, 7) is 0. The normalized spacial score (nSPS) is 9.53. The lowest BCUT2D eigenvalue weighted by molar-refractivity contribution is -0.138. The molecule has 0 heterocycles. The molecule has 7 nitrogen and oxygen atoms in total. The summed E-state index contributed by atoms with van der Waals surface area (Å²) >= 11 is 0. The number of carboxylic acid groups (broad SMARTS) is 1. The first-order valence-electron chi connectivity index (χ1n) is 5.61. The number of rotatable bonds is 5. The maximum absolute atomic E-state index is 11.4. The third-order valence-corrected chi connectivity index (χ3v) is 2.22. The summed E-state index contributed by atoms with van der Waals surface area (Å²) in [6.07, 6.45) is -0.282. The summed E-state index contributed by atoms with van der Waals surface area (Å²) in [7, 11) is 1.51. The zero-order valence-electron chi connectivity index (χ0n) is 10.4. The lowest BCUT2D eigenvalue weighted by atomic mass is 10.2. The van der Waals surface area contributed by atoms with E-state index in [1.165, 1.54) is 7.05 Å². The first kappa shape index (κ1) is 14.5. The van der Waals surface area contributed by atoms with Gasteiger partial charge in [-0.05, 0) is 24.3 Å². The van der Waals surface area contributed by atoms with Crippen molar-refractivity contribution in [2.24, 2.45) is 0 Å². The van der Waals surface area contributed by atoms with E-state index in [2.05, 4.69) is 16.0 Å². The van der Waals surface area contributed by atoms with Crippen molar-refractivity contribution in [3.63, 3.8) is 0 Å². The fraction of sp³-hybridized carbons (Fsp3) is 0.250. The van der Waals surface area contributed by atoms with Gasteiger partial charge in [0.25, 0.3) is 0 Å². The van der Waals surface area contributed by atoms with Gasteiger partial charge in [0.1, 0.15) is 0 Å². The molecule has 0 aliphatic rings. The van der Waals surface area contributed by atoms with Crippen molar-refractivity contribution >= 4 is 29.3 Å². The van der Waals surface area contributed by atoms with Crippen LogP contribution in [0.1, 0.15) is 12.8 Å². The lowest BCUT2D eigenvalue weighted by Gasteiger charge is -2.07. The van der Waals surface area contributed by atoms with Gasteiger partial charge in [-0.25, -0.2) is 4.79 Å². The number of hydrogen-bond donors (Lipinski definition) is 4. The van der Waals surface area contributed by atoms with Gasteiger partial charge in [0.05, 0.1) is 6.42 Å². The Morgan fingerprint density at radius 1 is 1.00 bits per heavy atom. The molecule has 7 heteroatoms. The van der Waals surface area contributed by atoms with Gasteiger partial charge in [-0.15, -0.1) is 0 Å². The SMILES string of the molecule is CNC(=O)Nc1ccc(NC(=O)CCC(=O)O)cc1. The molecule has 0 aromatic heterocycles. The summed E-state index contributed by atoms with van der Waals surface area (Å²) in [5.74, 6) is -1.38. The van der Waals surface area contributed by atoms with Crippen LogP contribution in [0.15, 0.2) is 24.3 Å². The summed E-state index contributed by atoms with van der Waals surface area (Å²) in [6, 6.07) is 6.15. The molecule has 0 atom stereocenters. The van der Waals surface area contributed by atoms with Gasteiger partial charge >= 0.3 is 12.0 Å². The minimum absolute atomic E-state index is 0.0758. The highest BCUT2D eigenvalue weighted by Gasteiger charge is 2.06. The van der Waals surface area contributed by atoms with E-state index >= 15 is 0 Å². The summed E-state index contributed by atoms with van der Waals surface area (Å²) in [5.41, 5.74) is 1.13. The number of urea groups is 1. The van der Waals surface area contributed by atoms with E-state index in [-0.39, 0.29) is 24.8 Å². The van der Waals surface area contributed by atoms with Crippen LogP contribution < -0.4 is 16.0 Å². The average Bonchev–Trinajstić information content (AvgIpc) is 2.38. The van der Waals surface area contributed by atoms with Gasteiger partial charge in [0.2, 0.25) is 5.91 Å². The van der Waals surface area contributed by atoms with Crippen molar-refractivity contribution in [2.75, 3.05) is 17.7 Å². The Kier molecular flexibility index (Phi) is 5.34. The average molecular weight is 265 g/mol. The number of benzene rings is 1. The molecule has 1 rings (SSSR count). The third kappa shape index (κ3) is 5.53. The Labute approximate surface area is 110 Å². The van der Waals surface area contributed by atoms with Gasteiger partial charge in [0.15, 0.2) is 0 Å². The second kappa shape index (κ2) is 7.00. The highest BCUT2D eigenvalue weighted by Crippen LogP contribution is 2.13. The van der Waals surface area contributed by atoms with E-state index < -0.39 is 5.97 Å². The molecule has 0 unspecified atom stereocenters. The van der Waals surface area contributed by atoms with E-state index in [0.29, 0.717) is 11.4 Å². The molecule has 19 heavy (non-hydrogen) atoms. The fourth-order valence-corrected chi connectivity index (χ4v) is 1.27. The summed E-state index contributed by atoms with van der Waals surface area (Å²) < 4.78 is 0. The lowest BCUT2D eigenvalue weighted by Crippen LogP contribution is -2.24. The molecular weight excluding hydrogens is 250 g/mol. The Bertz CT molecular complexity index is 470. The van der Waals surface area contributed by atoms with E-state index in [0.717, 1.165) is 0 Å². The Morgan fingerprint density at radius 2 is 1.53 bits per heavy atom. The van der Waals surface area contributed by atoms with Crippen LogP contribution in [0, 0.1) is 0 Å². The second-order valence-electron chi connectivity index (χ2n) is 3.72. The van der Waals surface area contributed by atoms with Gasteiger partial charge in [-0.3, -0.25) is 9.59 Å². The fourth-order valence-electron chi connectivity index (χ4n) is 1.27. The van der Waals surface area contributed by atoms with Crippen molar-refractivity contribution in [1.82, 2.24) is 5.32 Å². The molecule has 0 aliphatic heterocycles. The zero-order valence-corrected chi connectivity index (χ0v) is 10.4. The van der Waals surface area contributed by atoms with Crippen LogP contribution in [0.3, 0.4) is 0 Å². The summed E-state index contributed by atoms with van der Waals surface area (Å²) in [4.78, 5) is 32.7. The van der Waals surface area contributed by atoms with Crippen molar-refractivity contribution in [1.29, 1.82) is 0 Å². The molecule has 4 N–H and O–H groups in total. The molecule has 1 aromatic rings. The molecule has 0 bridgehead atoms. The number of carbonyl (C=O) groups is 3. The molecular formula is C12H15N3O4. The van der Waals surface area contributed by atoms with Gasteiger partial charge in [0, 0.05) is 24.8 Å². The monoisotopic (exact) mass is 265 g/mol. The van der Waals surface area contributed by atoms with E-state index in [1.807, 2.05) is 0 Å². The van der Waals surface area contributed by atoms with E-state index in [4.69, 9.17) is 5.11 Å². The largest absolute Gasteiger partial charge is 0.481 e. The molecule has 0 saturated carbocycles. The second-order valence-corrected chi connectivity index (χ2v) is 3.72. The topological polar surface area (TPSA) is 108 Å². The van der Waals surface area contributed by atoms with Crippen LogP contribution in [0.5, 0.6) is 0 Å². The van der Waals surface area contributed by atoms with Crippen LogP contribution >= 0.6 is 0 Å². The zero-order chi connectivity index (χ0) is 14.3. The predicted molar refractivity (Wildman–Crippen MR) is 70.0 cm³/mol. The molecule has 1 aromatic carbocycles. The quantitative estimate of drug-likeness (QED) is 0.642. The van der Waals surface area contributed by atoms with Crippen LogP contribution in [0.4, 0.5) is 16.2 Å². The van der Waals surface area contributed by atoms with E-state index in [1.54, 1.807) is 24.3 Å². The van der Waals surface area contributed by atoms with Crippen LogP contribution in [0.25, 0.3) is 0 Å². The van der Waals surface area contributed by atoms with Gasteiger partial charge < -0.3 is 21.1 Å². The molecule has 0 saturated heterocycles. The third-order valence-electron chi connectivity index (χ3n) is 2.22. The van der Waals surface area contributed by atoms with Crippen molar-refractivity contribution in [2.45, 2.75) is 12.8 Å². The number of hydrogen-bond acceptors (Lipinski definition) is 3. The van der Waals surface area contributed by atoms with Gasteiger partial charge in [-0.1, -0.05) is 0 Å². The number of carboxylic acids is 1. The summed E-state index contributed by atoms with van der Waals surface area (Å²) in [5, 5.41) is 16.0. The molecule has 0 spiro atoms. The first-order valence-corrected chi connectivity index (χ1v) is 5.61. The minimum atomic E-state index is -1.01. The maximum Gasteiger partial charge on any atom is 0.318 e. The Hall–Kier alpha value is -2.57. The van der Waals surface area contributed by atoms with Gasteiger partial charge in [-0.2, -0.15) is 0 Å². The Morgan fingerprint density at radius 3 is 2.00 bits per heavy atom. The highest BCUT2D eigenvalue weighted by atomic mass is 16.4. The smallest absolute Gasteiger partial charge is 0.318 e. The van der Waals surface area contributed by atoms with Crippen LogP contribution in [-0.4, -0.2) is 30.1 Å². The van der Waals surface area contributed by atoms with Crippen molar-refractivity contribution in [3.05, 3.63) is 24.3 Å². The molecule has 102 valence electrons. The van der Waals surface area contributed by atoms with Crippen molar-refractivity contribution in [3.8, 4) is 0 Å². The maximum atomic E-state index is 11.4. The molecule has 3 amide bonds. The highest BCUT2D eigenvalue weighted by molar-refractivity contribution is 5.93.